The molecule has 60 valence electrons. The first-order valence-electron chi connectivity index (χ1n) is 3.32. The number of rotatable bonds is 3. The number of hydrogen-bond acceptors (Lipinski definition) is 3. The Labute approximate surface area is 66.5 Å². The van der Waals surface area contributed by atoms with Crippen molar-refractivity contribution in [2.45, 2.75) is 6.42 Å². The van der Waals surface area contributed by atoms with Gasteiger partial charge in [-0.3, -0.25) is 4.99 Å². The SMILES string of the molecule is CN=C(NC)SCCCN. The van der Waals surface area contributed by atoms with Crippen LogP contribution < -0.4 is 11.1 Å². The van der Waals surface area contributed by atoms with E-state index in [1.165, 1.54) is 0 Å². The van der Waals surface area contributed by atoms with Crippen LogP contribution in [-0.4, -0.2) is 31.6 Å². The van der Waals surface area contributed by atoms with Crippen LogP contribution in [0, 0.1) is 0 Å². The average Bonchev–Trinajstić information content (AvgIpc) is 1.99. The summed E-state index contributed by atoms with van der Waals surface area (Å²) in [5.74, 6) is 1.05. The molecule has 4 heteroatoms. The number of nitrogens with one attached hydrogen (secondary N) is 1. The second kappa shape index (κ2) is 6.89. The predicted molar refractivity (Wildman–Crippen MR) is 48.5 cm³/mol. The van der Waals surface area contributed by atoms with Gasteiger partial charge in [-0.15, -0.1) is 0 Å². The number of amidine groups is 1. The fourth-order valence-corrected chi connectivity index (χ4v) is 1.28. The van der Waals surface area contributed by atoms with Crippen molar-refractivity contribution in [1.29, 1.82) is 0 Å². The third-order valence-corrected chi connectivity index (χ3v) is 2.16. The van der Waals surface area contributed by atoms with Gasteiger partial charge in [-0.05, 0) is 13.0 Å². The van der Waals surface area contributed by atoms with Crippen molar-refractivity contribution >= 4 is 16.9 Å². The lowest BCUT2D eigenvalue weighted by molar-refractivity contribution is 0.945. The summed E-state index contributed by atoms with van der Waals surface area (Å²) in [4.78, 5) is 4.01. The summed E-state index contributed by atoms with van der Waals surface area (Å²) in [6.45, 7) is 0.758. The van der Waals surface area contributed by atoms with E-state index in [-0.39, 0.29) is 0 Å². The van der Waals surface area contributed by atoms with Gasteiger partial charge < -0.3 is 11.1 Å². The first-order chi connectivity index (χ1) is 4.85. The largest absolute Gasteiger partial charge is 0.368 e. The summed E-state index contributed by atoms with van der Waals surface area (Å²) in [6.07, 6.45) is 1.05. The minimum Gasteiger partial charge on any atom is -0.368 e. The highest BCUT2D eigenvalue weighted by atomic mass is 32.2. The highest BCUT2D eigenvalue weighted by Crippen LogP contribution is 2.01. The Morgan fingerprint density at radius 1 is 1.70 bits per heavy atom. The molecule has 0 heterocycles. The van der Waals surface area contributed by atoms with Crippen LogP contribution in [0.5, 0.6) is 0 Å². The zero-order chi connectivity index (χ0) is 7.82. The molecule has 0 aromatic carbocycles. The van der Waals surface area contributed by atoms with Crippen molar-refractivity contribution in [1.82, 2.24) is 5.32 Å². The zero-order valence-electron chi connectivity index (χ0n) is 6.55. The smallest absolute Gasteiger partial charge is 0.156 e. The molecule has 0 saturated carbocycles. The van der Waals surface area contributed by atoms with Gasteiger partial charge in [0.05, 0.1) is 0 Å². The molecule has 0 unspecified atom stereocenters. The minimum absolute atomic E-state index is 0.758. The fraction of sp³-hybridized carbons (Fsp3) is 0.833. The van der Waals surface area contributed by atoms with Crippen molar-refractivity contribution < 1.29 is 0 Å². The van der Waals surface area contributed by atoms with Crippen LogP contribution in [-0.2, 0) is 0 Å². The van der Waals surface area contributed by atoms with Crippen LogP contribution in [0.2, 0.25) is 0 Å². The van der Waals surface area contributed by atoms with Crippen molar-refractivity contribution in [3.8, 4) is 0 Å². The van der Waals surface area contributed by atoms with E-state index in [0.717, 1.165) is 23.9 Å². The molecule has 0 rings (SSSR count). The van der Waals surface area contributed by atoms with Crippen LogP contribution in [0.25, 0.3) is 0 Å². The number of hydrogen-bond donors (Lipinski definition) is 2. The van der Waals surface area contributed by atoms with E-state index in [2.05, 4.69) is 10.3 Å². The molecular formula is C6H15N3S. The van der Waals surface area contributed by atoms with E-state index >= 15 is 0 Å². The summed E-state index contributed by atoms with van der Waals surface area (Å²) in [5.41, 5.74) is 5.32. The molecule has 0 radical (unpaired) electrons. The number of thioether (sulfide) groups is 1. The van der Waals surface area contributed by atoms with E-state index in [1.54, 1.807) is 18.8 Å². The molecule has 0 bridgehead atoms. The van der Waals surface area contributed by atoms with E-state index in [9.17, 15) is 0 Å². The van der Waals surface area contributed by atoms with E-state index < -0.39 is 0 Å². The van der Waals surface area contributed by atoms with Crippen LogP contribution >= 0.6 is 11.8 Å². The zero-order valence-corrected chi connectivity index (χ0v) is 7.37. The van der Waals surface area contributed by atoms with E-state index in [0.29, 0.717) is 0 Å². The third-order valence-electron chi connectivity index (χ3n) is 1.00. The maximum Gasteiger partial charge on any atom is 0.156 e. The van der Waals surface area contributed by atoms with Gasteiger partial charge >= 0.3 is 0 Å². The molecule has 3 N–H and O–H groups in total. The lowest BCUT2D eigenvalue weighted by Crippen LogP contribution is -2.15. The fourth-order valence-electron chi connectivity index (χ4n) is 0.501. The quantitative estimate of drug-likeness (QED) is 0.355. The number of nitrogens with zero attached hydrogens (tertiary/aromatic N) is 1. The predicted octanol–water partition coefficient (Wildman–Crippen LogP) is 0.274. The summed E-state index contributed by atoms with van der Waals surface area (Å²) >= 11 is 1.70. The maximum atomic E-state index is 5.32. The van der Waals surface area contributed by atoms with E-state index in [1.807, 2.05) is 7.05 Å². The molecule has 0 aliphatic rings. The Balaban J connectivity index is 3.27. The normalized spacial score (nSPS) is 11.7. The first-order valence-corrected chi connectivity index (χ1v) is 4.31. The molecule has 0 aromatic rings. The van der Waals surface area contributed by atoms with Crippen LogP contribution in [0.3, 0.4) is 0 Å². The molecule has 0 spiro atoms. The summed E-state index contributed by atoms with van der Waals surface area (Å²) in [7, 11) is 3.65. The van der Waals surface area contributed by atoms with Crippen molar-refractivity contribution in [2.75, 3.05) is 26.4 Å². The van der Waals surface area contributed by atoms with Crippen molar-refractivity contribution in [3.05, 3.63) is 0 Å². The molecule has 3 nitrogen and oxygen atoms in total. The third kappa shape index (κ3) is 4.64. The van der Waals surface area contributed by atoms with Gasteiger partial charge in [-0.1, -0.05) is 11.8 Å². The monoisotopic (exact) mass is 161 g/mol. The number of nitrogens with two attached hydrogens (primary N) is 1. The molecule has 0 saturated heterocycles. The van der Waals surface area contributed by atoms with Crippen LogP contribution in [0.4, 0.5) is 0 Å². The molecule has 10 heavy (non-hydrogen) atoms. The van der Waals surface area contributed by atoms with Crippen LogP contribution in [0.15, 0.2) is 4.99 Å². The van der Waals surface area contributed by atoms with Gasteiger partial charge in [0.25, 0.3) is 0 Å². The minimum atomic E-state index is 0.758. The van der Waals surface area contributed by atoms with Gasteiger partial charge in [0, 0.05) is 19.8 Å². The van der Waals surface area contributed by atoms with Crippen molar-refractivity contribution in [2.24, 2.45) is 10.7 Å². The summed E-state index contributed by atoms with van der Waals surface area (Å²) < 4.78 is 0. The molecule has 0 aliphatic heterocycles. The Bertz CT molecular complexity index is 103. The van der Waals surface area contributed by atoms with Gasteiger partial charge in [0.2, 0.25) is 0 Å². The Morgan fingerprint density at radius 3 is 2.80 bits per heavy atom. The topological polar surface area (TPSA) is 50.4 Å². The van der Waals surface area contributed by atoms with Gasteiger partial charge in [-0.2, -0.15) is 0 Å². The Morgan fingerprint density at radius 2 is 2.40 bits per heavy atom. The molecular weight excluding hydrogens is 146 g/mol. The average molecular weight is 161 g/mol. The van der Waals surface area contributed by atoms with Gasteiger partial charge in [0.15, 0.2) is 5.17 Å². The lowest BCUT2D eigenvalue weighted by atomic mass is 10.5. The number of aliphatic imine (C=N–C) groups is 1. The molecule has 0 atom stereocenters. The second-order valence-corrected chi connectivity index (χ2v) is 2.85. The molecule has 0 fully saturated rings. The maximum absolute atomic E-state index is 5.32. The first kappa shape index (κ1) is 9.78. The Hall–Kier alpha value is -0.220. The highest BCUT2D eigenvalue weighted by Gasteiger charge is 1.92. The molecule has 0 aliphatic carbocycles. The second-order valence-electron chi connectivity index (χ2n) is 1.77. The molecule has 0 amide bonds. The highest BCUT2D eigenvalue weighted by molar-refractivity contribution is 8.13. The van der Waals surface area contributed by atoms with Gasteiger partial charge in [-0.25, -0.2) is 0 Å². The van der Waals surface area contributed by atoms with Crippen molar-refractivity contribution in [3.63, 3.8) is 0 Å². The standard InChI is InChI=1S/C6H15N3S/c1-8-6(9-2)10-5-3-4-7/h3-5,7H2,1-2H3,(H,8,9). The lowest BCUT2D eigenvalue weighted by Gasteiger charge is -2.01. The molecule has 0 aromatic heterocycles. The summed E-state index contributed by atoms with van der Waals surface area (Å²) in [5, 5.41) is 3.96. The Kier molecular flexibility index (Phi) is 6.74. The van der Waals surface area contributed by atoms with E-state index in [4.69, 9.17) is 5.73 Å². The van der Waals surface area contributed by atoms with Crippen LogP contribution in [0.1, 0.15) is 6.42 Å². The van der Waals surface area contributed by atoms with Gasteiger partial charge in [0.1, 0.15) is 0 Å². The summed E-state index contributed by atoms with van der Waals surface area (Å²) in [6, 6.07) is 0.